The number of esters is 4. The van der Waals surface area contributed by atoms with E-state index in [1.54, 1.807) is 79.1 Å². The second-order valence-electron chi connectivity index (χ2n) is 32.4. The van der Waals surface area contributed by atoms with Crippen molar-refractivity contribution in [3.63, 3.8) is 0 Å². The fraction of sp³-hybridized carbons (Fsp3) is 0.522. The van der Waals surface area contributed by atoms with Crippen LogP contribution in [-0.4, -0.2) is 175 Å². The maximum Gasteiger partial charge on any atom is 1.00 e. The zero-order valence-corrected chi connectivity index (χ0v) is 84.4. The first-order valence-corrected chi connectivity index (χ1v) is 47.2. The smallest absolute Gasteiger partial charge is 1.00 e. The van der Waals surface area contributed by atoms with Crippen molar-refractivity contribution in [3.8, 4) is 34.5 Å². The molecule has 6 aromatic rings. The van der Waals surface area contributed by atoms with Gasteiger partial charge in [-0.05, 0) is 206 Å². The van der Waals surface area contributed by atoms with Crippen LogP contribution in [0.5, 0.6) is 34.5 Å². The summed E-state index contributed by atoms with van der Waals surface area (Å²) in [4.78, 5) is 80.6. The van der Waals surface area contributed by atoms with E-state index in [1.165, 1.54) is 35.5 Å². The molecule has 6 saturated carbocycles. The number of halogens is 3. The van der Waals surface area contributed by atoms with Crippen molar-refractivity contribution in [1.29, 1.82) is 0 Å². The number of carboxylic acids is 2. The van der Waals surface area contributed by atoms with Gasteiger partial charge in [0.1, 0.15) is 40.6 Å². The third-order valence-corrected chi connectivity index (χ3v) is 33.3. The summed E-state index contributed by atoms with van der Waals surface area (Å²) in [5, 5.41) is 52.6. The molecule has 674 valence electrons. The molecule has 0 spiro atoms. The van der Waals surface area contributed by atoms with Crippen molar-refractivity contribution in [2.45, 2.75) is 213 Å². The Hall–Kier alpha value is -6.53. The number of aliphatic hydroxyl groups excluding tert-OH is 3. The van der Waals surface area contributed by atoms with Crippen LogP contribution >= 0.6 is 34.3 Å². The number of benzene rings is 6. The molecular formula is C90H127Cl3Na2O26Si2. The quantitative estimate of drug-likeness (QED) is 0.00493. The van der Waals surface area contributed by atoms with Crippen LogP contribution in [0, 0.1) is 0 Å². The third-order valence-electron chi connectivity index (χ3n) is 23.1. The second-order valence-corrected chi connectivity index (χ2v) is 45.0. The average molecular weight is 1830 g/mol. The summed E-state index contributed by atoms with van der Waals surface area (Å²) < 4.78 is 61.1. The minimum Gasteiger partial charge on any atom is -1.00 e. The molecule has 26 nitrogen and oxygen atoms in total. The van der Waals surface area contributed by atoms with E-state index in [0.717, 1.165) is 139 Å². The molecule has 33 heteroatoms. The Morgan fingerprint density at radius 3 is 0.854 bits per heavy atom. The van der Waals surface area contributed by atoms with E-state index in [4.69, 9.17) is 111 Å². The number of aliphatic hydroxyl groups is 3. The molecule has 0 bridgehead atoms. The molecule has 6 aliphatic carbocycles. The van der Waals surface area contributed by atoms with Gasteiger partial charge < -0.3 is 93.6 Å². The summed E-state index contributed by atoms with van der Waals surface area (Å²) in [5.41, 5.74) is 5.65. The van der Waals surface area contributed by atoms with Crippen molar-refractivity contribution < 1.29 is 186 Å². The molecule has 0 aliphatic heterocycles. The van der Waals surface area contributed by atoms with Crippen LogP contribution in [0.15, 0.2) is 121 Å². The van der Waals surface area contributed by atoms with E-state index in [0.29, 0.717) is 59.1 Å². The molecule has 6 fully saturated rings. The van der Waals surface area contributed by atoms with Crippen LogP contribution in [-0.2, 0) is 125 Å². The van der Waals surface area contributed by atoms with E-state index in [-0.39, 0.29) is 115 Å². The van der Waals surface area contributed by atoms with Gasteiger partial charge in [-0.2, -0.15) is 11.1 Å². The van der Waals surface area contributed by atoms with E-state index in [2.05, 4.69) is 83.4 Å². The summed E-state index contributed by atoms with van der Waals surface area (Å²) in [6.45, 7) is 22.2. The summed E-state index contributed by atoms with van der Waals surface area (Å²) in [6.07, 6.45) is 9.55. The van der Waals surface area contributed by atoms with E-state index in [1.807, 2.05) is 78.9 Å². The summed E-state index contributed by atoms with van der Waals surface area (Å²) in [5.74, 6) is 2.56. The molecule has 6 aliphatic rings. The van der Waals surface area contributed by atoms with Crippen molar-refractivity contribution in [2.24, 2.45) is 0 Å². The molecule has 6 aromatic carbocycles. The molecule has 123 heavy (non-hydrogen) atoms. The summed E-state index contributed by atoms with van der Waals surface area (Å²) in [6, 6.07) is 37.5. The normalized spacial score (nSPS) is 15.4. The maximum absolute atomic E-state index is 12.1. The zero-order valence-electron chi connectivity index (χ0n) is 77.1. The van der Waals surface area contributed by atoms with Crippen LogP contribution in [0.2, 0.25) is 36.3 Å². The van der Waals surface area contributed by atoms with E-state index in [9.17, 15) is 39.0 Å². The van der Waals surface area contributed by atoms with Gasteiger partial charge in [0.15, 0.2) is 15.7 Å². The van der Waals surface area contributed by atoms with Gasteiger partial charge in [0.2, 0.25) is 0 Å². The van der Waals surface area contributed by atoms with Gasteiger partial charge in [0.05, 0.1) is 129 Å². The molecule has 12 rings (SSSR count). The van der Waals surface area contributed by atoms with Gasteiger partial charge in [-0.3, -0.25) is 33.6 Å². The average Bonchev–Trinajstić information content (AvgIpc) is 1.60. The molecule has 0 saturated heterocycles. The summed E-state index contributed by atoms with van der Waals surface area (Å²) >= 11 is 17.0. The van der Waals surface area contributed by atoms with Crippen LogP contribution in [0.4, 0.5) is 0 Å². The zero-order chi connectivity index (χ0) is 91.8. The number of hydrogen-bond acceptors (Lipinski definition) is 24. The Bertz CT molecular complexity index is 4210. The minimum atomic E-state index is -1.85. The monoisotopic (exact) mass is 1830 g/mol. The first kappa shape index (κ1) is 114. The Labute approximate surface area is 788 Å². The van der Waals surface area contributed by atoms with E-state index < -0.39 is 54.7 Å². The Balaban J connectivity index is 0.00000141. The maximum atomic E-state index is 12.1. The molecule has 0 amide bonds. The summed E-state index contributed by atoms with van der Waals surface area (Å²) in [7, 11) is 14.6. The number of ether oxygens (including phenoxy) is 11. The van der Waals surface area contributed by atoms with Gasteiger partial charge in [0, 0.05) is 36.5 Å². The number of alkyl halides is 2. The van der Waals surface area contributed by atoms with Crippen LogP contribution in [0.1, 0.15) is 176 Å². The molecule has 0 heterocycles. The van der Waals surface area contributed by atoms with Gasteiger partial charge in [0.25, 0.3) is 6.47 Å². The fourth-order valence-electron chi connectivity index (χ4n) is 12.3. The Morgan fingerprint density at radius 2 is 0.642 bits per heavy atom. The number of methoxy groups -OCH3 is 11. The first-order chi connectivity index (χ1) is 57.0. The van der Waals surface area contributed by atoms with Crippen LogP contribution < -0.4 is 92.8 Å². The minimum absolute atomic E-state index is 0. The number of carbonyl (C=O) groups is 7. The third kappa shape index (κ3) is 30.9. The van der Waals surface area contributed by atoms with Crippen molar-refractivity contribution in [1.82, 2.24) is 0 Å². The van der Waals surface area contributed by atoms with Crippen molar-refractivity contribution in [3.05, 3.63) is 177 Å². The predicted molar refractivity (Wildman–Crippen MR) is 467 cm³/mol. The Morgan fingerprint density at radius 1 is 0.415 bits per heavy atom. The molecule has 0 atom stereocenters. The van der Waals surface area contributed by atoms with Crippen molar-refractivity contribution >= 4 is 92.3 Å². The van der Waals surface area contributed by atoms with Gasteiger partial charge in [-0.25, -0.2) is 0 Å². The number of carbonyl (C=O) groups excluding carboxylic acids is 5. The topological polar surface area (TPSA) is 364 Å². The molecule has 0 aromatic heterocycles. The van der Waals surface area contributed by atoms with Gasteiger partial charge >= 0.3 is 94.9 Å². The largest absolute Gasteiger partial charge is 1.00 e. The molecular weight excluding hydrogens is 1710 g/mol. The van der Waals surface area contributed by atoms with Crippen LogP contribution in [0.25, 0.3) is 0 Å². The molecule has 0 radical (unpaired) electrons. The number of aliphatic carboxylic acids is 2. The number of rotatable bonds is 26. The number of hydrogen-bond donors (Lipinski definition) is 5. The molecule has 0 unspecified atom stereocenters. The van der Waals surface area contributed by atoms with E-state index >= 15 is 0 Å². The fourth-order valence-corrected chi connectivity index (χ4v) is 13.4. The second kappa shape index (κ2) is 52.1. The standard InChI is InChI=1S/C19H30O4Si.C13H15ClO3.C13H16O4.C12H14O4.C12H14O3.C11H12O3.C6H15ClSi.C2H5ClO.CH2O3.CH4O.2Na.H/c1-18(2,3)24(6,7)23-13-14-12-15(8-9-16(14)21-4)19(10-11-19)17(20)22-5;2*1-16-11-4-3-10(7-9(11)8-14)13(5-6-13)12(15)17-2;1-16-10-3-2-9(6-8(10)7-13)12(4-5-12)11(14)15;1-14-10-5-3-9(4-6-10)12(7-8-12)11(13)15-2;1-14-9-4-2-8(3-5-9)11(6-7-11)10(12)13;1-6(2,3)8(4,5)7;1-4-2-3;2-1-4-3;1-2;;;/h8-9,12H,10-11,13H2,1-7H3;3-4,7H,5-6,8H2,1-2H3;3-4,7,14H,5-6,8H2,1-2H3;2-3,6,13H,4-5,7H2,1H3,(H,14,15);3-6H,7-8H2,1-2H3;2-5H,6-7H2,1H3,(H,12,13);1-5H3;2H2,1H3;1,3H;2H,1H3;;;/q;;;;;;;;;;2*+1;-1/p-1. The Kier molecular flexibility index (Phi) is 48.5. The van der Waals surface area contributed by atoms with Crippen LogP contribution in [0.3, 0.4) is 0 Å². The number of carboxylic acid groups (broad SMARTS) is 2. The van der Waals surface area contributed by atoms with Gasteiger partial charge in [-0.15, -0.1) is 11.6 Å². The van der Waals surface area contributed by atoms with Gasteiger partial charge in [-0.1, -0.05) is 115 Å². The first-order valence-electron chi connectivity index (χ1n) is 39.2. The predicted octanol–water partition coefficient (Wildman–Crippen LogP) is 9.69. The SMILES string of the molecule is CC(C)(C)[Si](C)(C)Cl.CO.COC(=O)C1(c2ccc(OC)c(CCl)c2)CC1.COC(=O)C1(c2ccc(OC)c(CO)c2)CC1.COC(=O)C1(c2ccc(OC)c(CO[Si](C)(C)C(C)(C)C)c2)CC1.COC(=O)C1(c2ccc(OC)cc2)CC1.COCCl.COc1ccc(C2(C(=O)O)CC2)cc1.COc1ccc(C2(C(=O)O)CC2)cc1CO.O=CO[O-].[H-].[Na+].[Na+]. The van der Waals surface area contributed by atoms with Crippen molar-refractivity contribution in [2.75, 3.05) is 91.4 Å². The molecule has 5 N–H and O–H groups in total.